The van der Waals surface area contributed by atoms with Gasteiger partial charge in [0.15, 0.2) is 16.9 Å². The zero-order chi connectivity index (χ0) is 38.2. The summed E-state index contributed by atoms with van der Waals surface area (Å²) in [6.07, 6.45) is 7.30. The molecule has 3 aromatic heterocycles. The number of benzene rings is 3. The Morgan fingerprint density at radius 3 is 2.06 bits per heavy atom. The van der Waals surface area contributed by atoms with Gasteiger partial charge < -0.3 is 13.9 Å². The average molecular weight is 894 g/mol. The smallest absolute Gasteiger partial charge is 0.223 e. The average Bonchev–Trinajstić information content (AvgIpc) is 3.66. The molecule has 6 aromatic rings. The normalized spacial score (nSPS) is 12.8. The SMILES string of the molecule is CCC(C)(CC)C(=O)/C=C(\O)C(C)(CC)CC.Cc1oc2c(ccc3c2oc2ncnc(-c4[c-]c5ccccc5c(C(C)(C)C)c4)c23)c1CC(C)C.[Ir]. The summed E-state index contributed by atoms with van der Waals surface area (Å²) in [5.74, 6) is 1.78. The van der Waals surface area contributed by atoms with Crippen LogP contribution in [-0.2, 0) is 36.7 Å². The van der Waals surface area contributed by atoms with E-state index in [0.717, 1.165) is 81.8 Å². The monoisotopic (exact) mass is 894 g/mol. The van der Waals surface area contributed by atoms with Crippen LogP contribution in [0.2, 0.25) is 0 Å². The number of aromatic nitrogens is 2. The van der Waals surface area contributed by atoms with E-state index in [2.05, 4.69) is 88.1 Å². The largest absolute Gasteiger partial charge is 0.512 e. The molecular weight excluding hydrogens is 837 g/mol. The second kappa shape index (κ2) is 16.3. The number of nitrogens with zero attached hydrogens (tertiary/aromatic N) is 2. The van der Waals surface area contributed by atoms with E-state index in [1.807, 2.05) is 48.5 Å². The molecule has 0 saturated carbocycles. The molecule has 6 rings (SSSR count). The second-order valence-corrected chi connectivity index (χ2v) is 16.4. The van der Waals surface area contributed by atoms with E-state index in [1.54, 1.807) is 6.33 Å². The van der Waals surface area contributed by atoms with E-state index in [1.165, 1.54) is 22.6 Å². The van der Waals surface area contributed by atoms with Gasteiger partial charge in [-0.15, -0.1) is 29.1 Å². The Morgan fingerprint density at radius 2 is 1.45 bits per heavy atom. The van der Waals surface area contributed by atoms with Crippen LogP contribution in [0.3, 0.4) is 0 Å². The molecule has 3 aromatic carbocycles. The van der Waals surface area contributed by atoms with Gasteiger partial charge in [0.25, 0.3) is 0 Å². The number of hydrogen-bond donors (Lipinski definition) is 1. The molecule has 0 unspecified atom stereocenters. The summed E-state index contributed by atoms with van der Waals surface area (Å²) in [7, 11) is 0. The van der Waals surface area contributed by atoms with Crippen molar-refractivity contribution in [3.05, 3.63) is 83.6 Å². The minimum atomic E-state index is -0.337. The first-order valence-electron chi connectivity index (χ1n) is 19.0. The Balaban J connectivity index is 0.000000299. The van der Waals surface area contributed by atoms with Crippen molar-refractivity contribution in [2.45, 2.75) is 121 Å². The molecule has 0 spiro atoms. The number of carbonyl (C=O) groups excluding carboxylic acids is 1. The van der Waals surface area contributed by atoms with Gasteiger partial charge in [0.2, 0.25) is 5.71 Å². The molecule has 7 heteroatoms. The Kier molecular flexibility index (Phi) is 12.9. The molecule has 285 valence electrons. The number of ketones is 1. The van der Waals surface area contributed by atoms with Gasteiger partial charge in [-0.1, -0.05) is 111 Å². The van der Waals surface area contributed by atoms with Gasteiger partial charge in [-0.25, -0.2) is 4.98 Å². The van der Waals surface area contributed by atoms with Gasteiger partial charge in [0.1, 0.15) is 17.8 Å². The molecule has 53 heavy (non-hydrogen) atoms. The van der Waals surface area contributed by atoms with E-state index in [9.17, 15) is 9.90 Å². The third kappa shape index (κ3) is 8.17. The maximum Gasteiger partial charge on any atom is 0.223 e. The molecule has 0 amide bonds. The number of allylic oxidation sites excluding steroid dienone is 2. The van der Waals surface area contributed by atoms with Gasteiger partial charge in [0.05, 0.1) is 0 Å². The van der Waals surface area contributed by atoms with Crippen molar-refractivity contribution >= 4 is 49.6 Å². The van der Waals surface area contributed by atoms with Gasteiger partial charge in [-0.05, 0) is 56.4 Å². The summed E-state index contributed by atoms with van der Waals surface area (Å²) >= 11 is 0. The van der Waals surface area contributed by atoms with Crippen molar-refractivity contribution in [3.63, 3.8) is 0 Å². The number of fused-ring (bicyclic) bond motifs is 6. The molecular formula is C46H57IrN2O4-. The number of aliphatic hydroxyl groups is 1. The topological polar surface area (TPSA) is 89.4 Å². The molecule has 1 N–H and O–H groups in total. The number of furan rings is 2. The summed E-state index contributed by atoms with van der Waals surface area (Å²) < 4.78 is 12.6. The number of rotatable bonds is 10. The van der Waals surface area contributed by atoms with Crippen LogP contribution in [0, 0.1) is 29.7 Å². The maximum atomic E-state index is 12.2. The van der Waals surface area contributed by atoms with Crippen LogP contribution in [-0.4, -0.2) is 20.9 Å². The second-order valence-electron chi connectivity index (χ2n) is 16.4. The minimum Gasteiger partial charge on any atom is -0.512 e. The standard InChI is InChI=1S/C31H29N2O2.C15H28O2.Ir/c1-17(2)13-24-18(3)34-28-22(24)11-12-23-26-27(32-16-33-30(26)35-29(23)28)20-14-19-9-7-8-10-21(19)25(15-20)31(4,5)6;1-7-14(5,8-2)12(16)11-13(17)15(6,9-3)10-4;/h7-12,15-17H,13H2,1-6H3;11,16H,7-10H2,1-6H3;/q-1;;/b;12-11-;. The van der Waals surface area contributed by atoms with Crippen LogP contribution in [0.4, 0.5) is 0 Å². The van der Waals surface area contributed by atoms with Crippen molar-refractivity contribution in [2.24, 2.45) is 16.7 Å². The third-order valence-electron chi connectivity index (χ3n) is 11.5. The Hall–Kier alpha value is -3.80. The summed E-state index contributed by atoms with van der Waals surface area (Å²) in [4.78, 5) is 21.4. The van der Waals surface area contributed by atoms with E-state index in [0.29, 0.717) is 11.6 Å². The van der Waals surface area contributed by atoms with Crippen molar-refractivity contribution in [2.75, 3.05) is 0 Å². The summed E-state index contributed by atoms with van der Waals surface area (Å²) in [6.45, 7) is 25.3. The molecule has 0 saturated heterocycles. The number of carbonyl (C=O) groups is 1. The quantitative estimate of drug-likeness (QED) is 0.0837. The zero-order valence-electron chi connectivity index (χ0n) is 33.7. The zero-order valence-corrected chi connectivity index (χ0v) is 36.1. The minimum absolute atomic E-state index is 0. The van der Waals surface area contributed by atoms with Gasteiger partial charge >= 0.3 is 0 Å². The molecule has 0 aliphatic rings. The van der Waals surface area contributed by atoms with Crippen LogP contribution >= 0.6 is 0 Å². The summed E-state index contributed by atoms with van der Waals surface area (Å²) in [5.41, 5.74) is 5.75. The first-order valence-corrected chi connectivity index (χ1v) is 19.0. The molecule has 6 nitrogen and oxygen atoms in total. The fourth-order valence-electron chi connectivity index (χ4n) is 6.92. The van der Waals surface area contributed by atoms with Crippen LogP contribution in [0.5, 0.6) is 0 Å². The first kappa shape index (κ1) is 41.9. The first-order chi connectivity index (χ1) is 24.5. The molecule has 0 fully saturated rings. The van der Waals surface area contributed by atoms with E-state index in [-0.39, 0.29) is 47.9 Å². The van der Waals surface area contributed by atoms with Crippen LogP contribution in [0.25, 0.3) is 55.1 Å². The van der Waals surface area contributed by atoms with E-state index in [4.69, 9.17) is 13.8 Å². The predicted octanol–water partition coefficient (Wildman–Crippen LogP) is 13.2. The molecule has 0 aliphatic heterocycles. The third-order valence-corrected chi connectivity index (χ3v) is 11.5. The number of aliphatic hydroxyl groups excluding tert-OH is 1. The molecule has 0 atom stereocenters. The van der Waals surface area contributed by atoms with Crippen molar-refractivity contribution < 1.29 is 38.8 Å². The van der Waals surface area contributed by atoms with Gasteiger partial charge in [-0.2, -0.15) is 0 Å². The molecule has 0 aliphatic carbocycles. The summed E-state index contributed by atoms with van der Waals surface area (Å²) in [5, 5.41) is 15.4. The molecule has 0 bridgehead atoms. The van der Waals surface area contributed by atoms with Crippen LogP contribution in [0.1, 0.15) is 119 Å². The Labute approximate surface area is 329 Å². The van der Waals surface area contributed by atoms with Crippen molar-refractivity contribution in [1.29, 1.82) is 0 Å². The fraction of sp³-hybridized carbons (Fsp3) is 0.457. The maximum absolute atomic E-state index is 12.2. The summed E-state index contributed by atoms with van der Waals surface area (Å²) in [6, 6.07) is 18.6. The van der Waals surface area contributed by atoms with Crippen molar-refractivity contribution in [3.8, 4) is 11.3 Å². The Morgan fingerprint density at radius 1 is 0.849 bits per heavy atom. The molecule has 1 radical (unpaired) electrons. The van der Waals surface area contributed by atoms with E-state index < -0.39 is 0 Å². The number of hydrogen-bond acceptors (Lipinski definition) is 6. The van der Waals surface area contributed by atoms with Crippen molar-refractivity contribution in [1.82, 2.24) is 9.97 Å². The van der Waals surface area contributed by atoms with Gasteiger partial charge in [-0.3, -0.25) is 9.78 Å². The van der Waals surface area contributed by atoms with Gasteiger partial charge in [0, 0.05) is 64.4 Å². The van der Waals surface area contributed by atoms with Crippen LogP contribution < -0.4 is 0 Å². The Bertz CT molecular complexity index is 2260. The number of aryl methyl sites for hydroxylation is 1. The van der Waals surface area contributed by atoms with E-state index >= 15 is 0 Å². The predicted molar refractivity (Wildman–Crippen MR) is 216 cm³/mol. The fourth-order valence-corrected chi connectivity index (χ4v) is 6.92. The molecule has 3 heterocycles. The van der Waals surface area contributed by atoms with Crippen LogP contribution in [0.15, 0.2) is 69.5 Å².